The highest BCUT2D eigenvalue weighted by atomic mass is 32.3. The maximum atomic E-state index is 10.3. The lowest BCUT2D eigenvalue weighted by molar-refractivity contribution is -0.137. The third-order valence-corrected chi connectivity index (χ3v) is 3.52. The van der Waals surface area contributed by atoms with Crippen LogP contribution < -0.4 is 5.73 Å². The molecule has 0 rings (SSSR count). The molecule has 0 heterocycles. The van der Waals surface area contributed by atoms with E-state index in [0.717, 1.165) is 44.9 Å². The Morgan fingerprint density at radius 3 is 2.23 bits per heavy atom. The predicted octanol–water partition coefficient (Wildman–Crippen LogP) is 2.61. The van der Waals surface area contributed by atoms with Gasteiger partial charge in [-0.1, -0.05) is 39.5 Å². The van der Waals surface area contributed by atoms with E-state index in [1.165, 1.54) is 0 Å². The van der Waals surface area contributed by atoms with Gasteiger partial charge in [0.05, 0.1) is 6.61 Å². The topological polar surface area (TPSA) is 127 Å². The summed E-state index contributed by atoms with van der Waals surface area (Å²) in [6.07, 6.45) is 6.87. The second kappa shape index (κ2) is 15.2. The fraction of sp³-hybridized carbons (Fsp3) is 0.929. The van der Waals surface area contributed by atoms with E-state index in [1.54, 1.807) is 0 Å². The Balaban J connectivity index is 0. The number of carboxylic acid groups (broad SMARTS) is 1. The average Bonchev–Trinajstić information content (AvgIpc) is 2.43. The molecule has 0 saturated carbocycles. The molecule has 0 aromatic rings. The van der Waals surface area contributed by atoms with Crippen LogP contribution >= 0.6 is 0 Å². The van der Waals surface area contributed by atoms with Crippen LogP contribution in [-0.4, -0.2) is 37.2 Å². The maximum Gasteiger partial charge on any atom is 0.397 e. The summed E-state index contributed by atoms with van der Waals surface area (Å²) in [6.45, 7) is 4.82. The van der Waals surface area contributed by atoms with Crippen molar-refractivity contribution in [2.75, 3.05) is 13.2 Å². The first kappa shape index (κ1) is 23.6. The Hall–Kier alpha value is -0.700. The van der Waals surface area contributed by atoms with Crippen LogP contribution in [0.4, 0.5) is 0 Å². The Kier molecular flexibility index (Phi) is 16.3. The molecule has 7 nitrogen and oxygen atoms in total. The Bertz CT molecular complexity index is 358. The van der Waals surface area contributed by atoms with E-state index in [4.69, 9.17) is 15.4 Å². The molecule has 4 N–H and O–H groups in total. The van der Waals surface area contributed by atoms with E-state index in [0.29, 0.717) is 6.54 Å². The van der Waals surface area contributed by atoms with Gasteiger partial charge in [-0.15, -0.1) is 0 Å². The molecule has 1 unspecified atom stereocenters. The molecule has 134 valence electrons. The van der Waals surface area contributed by atoms with Crippen LogP contribution in [0.15, 0.2) is 0 Å². The first-order chi connectivity index (χ1) is 10.3. The highest BCUT2D eigenvalue weighted by molar-refractivity contribution is 7.80. The van der Waals surface area contributed by atoms with Crippen LogP contribution in [0, 0.1) is 5.92 Å². The van der Waals surface area contributed by atoms with Gasteiger partial charge >= 0.3 is 16.4 Å². The molecule has 0 aliphatic carbocycles. The second-order valence-electron chi connectivity index (χ2n) is 5.12. The molecule has 0 bridgehead atoms. The summed E-state index contributed by atoms with van der Waals surface area (Å²) in [5.74, 6) is -0.492. The van der Waals surface area contributed by atoms with Crippen molar-refractivity contribution >= 4 is 16.4 Å². The van der Waals surface area contributed by atoms with Crippen molar-refractivity contribution in [3.63, 3.8) is 0 Å². The van der Waals surface area contributed by atoms with Gasteiger partial charge in [-0.05, 0) is 31.7 Å². The largest absolute Gasteiger partial charge is 0.481 e. The number of aliphatic carboxylic acids is 1. The normalized spacial score (nSPS) is 12.4. The lowest BCUT2D eigenvalue weighted by Crippen LogP contribution is -2.13. The summed E-state index contributed by atoms with van der Waals surface area (Å²) in [6, 6.07) is 0. The van der Waals surface area contributed by atoms with Gasteiger partial charge in [0.2, 0.25) is 0 Å². The number of nitrogens with two attached hydrogens (primary N) is 1. The van der Waals surface area contributed by atoms with Crippen LogP contribution in [0.5, 0.6) is 0 Å². The molecule has 0 aliphatic heterocycles. The second-order valence-corrected chi connectivity index (χ2v) is 6.21. The molecule has 0 radical (unpaired) electrons. The van der Waals surface area contributed by atoms with Gasteiger partial charge in [0.1, 0.15) is 0 Å². The van der Waals surface area contributed by atoms with E-state index in [2.05, 4.69) is 11.1 Å². The summed E-state index contributed by atoms with van der Waals surface area (Å²) < 4.78 is 33.2. The zero-order chi connectivity index (χ0) is 17.4. The van der Waals surface area contributed by atoms with Crippen LogP contribution in [-0.2, 0) is 19.4 Å². The molecule has 22 heavy (non-hydrogen) atoms. The van der Waals surface area contributed by atoms with Crippen molar-refractivity contribution in [3.05, 3.63) is 0 Å². The van der Waals surface area contributed by atoms with Crippen LogP contribution in [0.3, 0.4) is 0 Å². The van der Waals surface area contributed by atoms with Gasteiger partial charge in [-0.25, -0.2) is 4.18 Å². The summed E-state index contributed by atoms with van der Waals surface area (Å²) in [5, 5.41) is 8.18. The van der Waals surface area contributed by atoms with Crippen molar-refractivity contribution < 1.29 is 27.1 Å². The number of carbonyl (C=O) groups is 1. The molecular weight excluding hydrogens is 310 g/mol. The quantitative estimate of drug-likeness (QED) is 0.368. The first-order valence-corrected chi connectivity index (χ1v) is 9.16. The zero-order valence-electron chi connectivity index (χ0n) is 13.7. The number of hydrogen-bond acceptors (Lipinski definition) is 5. The van der Waals surface area contributed by atoms with Gasteiger partial charge in [0.15, 0.2) is 0 Å². The Labute approximate surface area is 134 Å². The van der Waals surface area contributed by atoms with Crippen molar-refractivity contribution in [2.45, 2.75) is 65.2 Å². The maximum absolute atomic E-state index is 10.3. The molecule has 0 saturated heterocycles. The molecule has 0 aromatic heterocycles. The molecular formula is C14H31NO6S. The Morgan fingerprint density at radius 2 is 1.82 bits per heavy atom. The number of hydrogen-bond donors (Lipinski definition) is 3. The van der Waals surface area contributed by atoms with Crippen LogP contribution in [0.25, 0.3) is 0 Å². The molecule has 0 aromatic carbocycles. The molecule has 0 fully saturated rings. The van der Waals surface area contributed by atoms with Crippen LogP contribution in [0.2, 0.25) is 0 Å². The first-order valence-electron chi connectivity index (χ1n) is 7.80. The molecule has 0 spiro atoms. The van der Waals surface area contributed by atoms with E-state index >= 15 is 0 Å². The third kappa shape index (κ3) is 21.6. The lowest BCUT2D eigenvalue weighted by Gasteiger charge is -2.12. The standard InChI is InChI=1S/C8H18O4S.C6H13NO2/c1-3-5-6-8(4-2)7-12-13(9,10)11;7-5-3-1-2-4-6(8)9/h8H,3-7H2,1-2H3,(H,9,10,11);1-5,7H2,(H,8,9). The van der Waals surface area contributed by atoms with E-state index in [-0.39, 0.29) is 18.9 Å². The summed E-state index contributed by atoms with van der Waals surface area (Å²) in [4.78, 5) is 9.93. The molecule has 0 aliphatic rings. The van der Waals surface area contributed by atoms with Gasteiger partial charge in [0, 0.05) is 6.42 Å². The lowest BCUT2D eigenvalue weighted by atomic mass is 10.0. The van der Waals surface area contributed by atoms with E-state index < -0.39 is 16.4 Å². The zero-order valence-corrected chi connectivity index (χ0v) is 14.5. The molecule has 1 atom stereocenters. The van der Waals surface area contributed by atoms with Gasteiger partial charge in [0.25, 0.3) is 0 Å². The average molecular weight is 341 g/mol. The highest BCUT2D eigenvalue weighted by Gasteiger charge is 2.11. The molecule has 8 heteroatoms. The monoisotopic (exact) mass is 341 g/mol. The van der Waals surface area contributed by atoms with E-state index in [1.807, 2.05) is 6.92 Å². The van der Waals surface area contributed by atoms with Gasteiger partial charge in [-0.2, -0.15) is 8.42 Å². The van der Waals surface area contributed by atoms with Crippen LogP contribution in [0.1, 0.15) is 65.2 Å². The number of rotatable bonds is 12. The van der Waals surface area contributed by atoms with Gasteiger partial charge < -0.3 is 10.8 Å². The SMILES string of the molecule is CCCCC(CC)COS(=O)(=O)O.NCCCCCC(=O)O. The summed E-state index contributed by atoms with van der Waals surface area (Å²) >= 11 is 0. The van der Waals surface area contributed by atoms with Crippen molar-refractivity contribution in [1.82, 2.24) is 0 Å². The summed E-state index contributed by atoms with van der Waals surface area (Å²) in [7, 11) is -4.25. The van der Waals surface area contributed by atoms with E-state index in [9.17, 15) is 13.2 Å². The van der Waals surface area contributed by atoms with Crippen molar-refractivity contribution in [3.8, 4) is 0 Å². The predicted molar refractivity (Wildman–Crippen MR) is 86.0 cm³/mol. The fourth-order valence-corrected chi connectivity index (χ4v) is 2.04. The molecule has 0 amide bonds. The summed E-state index contributed by atoms with van der Waals surface area (Å²) in [5.41, 5.74) is 5.20. The highest BCUT2D eigenvalue weighted by Crippen LogP contribution is 2.13. The fourth-order valence-electron chi connectivity index (χ4n) is 1.68. The minimum atomic E-state index is -4.25. The smallest absolute Gasteiger partial charge is 0.397 e. The van der Waals surface area contributed by atoms with Crippen molar-refractivity contribution in [2.24, 2.45) is 11.7 Å². The minimum absolute atomic E-state index is 0.0926. The Morgan fingerprint density at radius 1 is 1.18 bits per heavy atom. The third-order valence-electron chi connectivity index (χ3n) is 3.09. The number of carboxylic acids is 1. The van der Waals surface area contributed by atoms with Crippen molar-refractivity contribution in [1.29, 1.82) is 0 Å². The van der Waals surface area contributed by atoms with Gasteiger partial charge in [-0.3, -0.25) is 9.35 Å². The minimum Gasteiger partial charge on any atom is -0.481 e. The number of unbranched alkanes of at least 4 members (excludes halogenated alkanes) is 3.